The van der Waals surface area contributed by atoms with E-state index in [1.165, 1.54) is 4.90 Å². The molecule has 6 heteroatoms. The van der Waals surface area contributed by atoms with Crippen molar-refractivity contribution in [3.8, 4) is 0 Å². The molecule has 2 bridgehead atoms. The molecule has 4 aliphatic carbocycles. The Kier molecular flexibility index (Phi) is 3.35. The third-order valence-electron chi connectivity index (χ3n) is 6.60. The fourth-order valence-corrected chi connectivity index (χ4v) is 5.46. The van der Waals surface area contributed by atoms with Gasteiger partial charge in [0.25, 0.3) is 0 Å². The van der Waals surface area contributed by atoms with E-state index in [-0.39, 0.29) is 35.5 Å². The molecule has 3 fully saturated rings. The highest BCUT2D eigenvalue weighted by atomic mass is 35.5. The SMILES string of the molecule is C[C@H](C(=O)Nc1ccccc1Cl)N1C(=O)[C@@H]2[C@H]3C=C[C@@H]([C@@H]4C[C@H]34)[C@@H]2C1=O. The van der Waals surface area contributed by atoms with Crippen LogP contribution in [0.25, 0.3) is 0 Å². The fourth-order valence-electron chi connectivity index (χ4n) is 5.28. The zero-order chi connectivity index (χ0) is 18.2. The van der Waals surface area contributed by atoms with E-state index >= 15 is 0 Å². The maximum atomic E-state index is 13.0. The average molecular weight is 371 g/mol. The molecule has 2 saturated carbocycles. The second-order valence-electron chi connectivity index (χ2n) is 7.85. The number of para-hydroxylation sites is 1. The van der Waals surface area contributed by atoms with E-state index in [1.54, 1.807) is 31.2 Å². The summed E-state index contributed by atoms with van der Waals surface area (Å²) >= 11 is 6.09. The molecular formula is C20H19ClN2O3. The van der Waals surface area contributed by atoms with Crippen LogP contribution in [0, 0.1) is 35.5 Å². The topological polar surface area (TPSA) is 66.5 Å². The molecule has 3 amide bonds. The van der Waals surface area contributed by atoms with Gasteiger partial charge in [0, 0.05) is 0 Å². The minimum atomic E-state index is -0.854. The third-order valence-corrected chi connectivity index (χ3v) is 6.92. The molecule has 0 aromatic heterocycles. The zero-order valence-electron chi connectivity index (χ0n) is 14.3. The average Bonchev–Trinajstić information content (AvgIpc) is 3.41. The van der Waals surface area contributed by atoms with E-state index in [0.29, 0.717) is 22.5 Å². The molecule has 5 aliphatic rings. The number of hydrogen-bond acceptors (Lipinski definition) is 3. The van der Waals surface area contributed by atoms with Crippen LogP contribution in [-0.4, -0.2) is 28.7 Å². The largest absolute Gasteiger partial charge is 0.323 e. The minimum Gasteiger partial charge on any atom is -0.323 e. The lowest BCUT2D eigenvalue weighted by atomic mass is 9.63. The number of anilines is 1. The molecule has 6 rings (SSSR count). The van der Waals surface area contributed by atoms with Crippen molar-refractivity contribution in [2.75, 3.05) is 5.32 Å². The number of carbonyl (C=O) groups excluding carboxylic acids is 3. The Balaban J connectivity index is 1.39. The molecule has 0 spiro atoms. The van der Waals surface area contributed by atoms with Gasteiger partial charge >= 0.3 is 0 Å². The molecular weight excluding hydrogens is 352 g/mol. The number of amides is 3. The lowest BCUT2D eigenvalue weighted by Crippen LogP contribution is -2.46. The van der Waals surface area contributed by atoms with Crippen LogP contribution >= 0.6 is 11.6 Å². The van der Waals surface area contributed by atoms with Crippen molar-refractivity contribution in [2.24, 2.45) is 35.5 Å². The van der Waals surface area contributed by atoms with Gasteiger partial charge in [0.05, 0.1) is 22.5 Å². The third kappa shape index (κ3) is 2.07. The summed E-state index contributed by atoms with van der Waals surface area (Å²) in [5.74, 6) is 0.0894. The number of allylic oxidation sites excluding steroid dienone is 2. The summed E-state index contributed by atoms with van der Waals surface area (Å²) in [5.41, 5.74) is 0.477. The molecule has 1 saturated heterocycles. The lowest BCUT2D eigenvalue weighted by molar-refractivity contribution is -0.146. The molecule has 1 aliphatic heterocycles. The van der Waals surface area contributed by atoms with Gasteiger partial charge in [-0.2, -0.15) is 0 Å². The molecule has 1 N–H and O–H groups in total. The summed E-state index contributed by atoms with van der Waals surface area (Å²) in [4.78, 5) is 39.9. The van der Waals surface area contributed by atoms with Crippen LogP contribution in [0.4, 0.5) is 5.69 Å². The maximum absolute atomic E-state index is 13.0. The molecule has 0 radical (unpaired) electrons. The normalized spacial score (nSPS) is 37.4. The summed E-state index contributed by atoms with van der Waals surface area (Å²) in [6, 6.07) is 6.06. The first-order valence-electron chi connectivity index (χ1n) is 9.09. The van der Waals surface area contributed by atoms with Crippen molar-refractivity contribution < 1.29 is 14.4 Å². The number of likely N-dealkylation sites (tertiary alicyclic amines) is 1. The number of nitrogens with zero attached hydrogens (tertiary/aromatic N) is 1. The number of carbonyl (C=O) groups is 3. The van der Waals surface area contributed by atoms with Gasteiger partial charge in [-0.3, -0.25) is 19.3 Å². The Morgan fingerprint density at radius 1 is 1.12 bits per heavy atom. The van der Waals surface area contributed by atoms with Crippen LogP contribution in [0.2, 0.25) is 5.02 Å². The highest BCUT2D eigenvalue weighted by Crippen LogP contribution is 2.65. The quantitative estimate of drug-likeness (QED) is 0.657. The molecule has 0 unspecified atom stereocenters. The van der Waals surface area contributed by atoms with Crippen LogP contribution in [0.1, 0.15) is 13.3 Å². The molecule has 1 aromatic carbocycles. The van der Waals surface area contributed by atoms with Gasteiger partial charge in [-0.25, -0.2) is 0 Å². The summed E-state index contributed by atoms with van der Waals surface area (Å²) in [6.45, 7) is 1.61. The lowest BCUT2D eigenvalue weighted by Gasteiger charge is -2.37. The van der Waals surface area contributed by atoms with E-state index in [4.69, 9.17) is 11.6 Å². The van der Waals surface area contributed by atoms with Gasteiger partial charge < -0.3 is 5.32 Å². The summed E-state index contributed by atoms with van der Waals surface area (Å²) in [7, 11) is 0. The Bertz CT molecular complexity index is 830. The number of benzene rings is 1. The first-order valence-corrected chi connectivity index (χ1v) is 9.47. The van der Waals surface area contributed by atoms with Gasteiger partial charge in [0.2, 0.25) is 17.7 Å². The molecule has 26 heavy (non-hydrogen) atoms. The first-order chi connectivity index (χ1) is 12.5. The number of hydrogen-bond donors (Lipinski definition) is 1. The second-order valence-corrected chi connectivity index (χ2v) is 8.25. The van der Waals surface area contributed by atoms with Gasteiger partial charge in [0.1, 0.15) is 6.04 Å². The minimum absolute atomic E-state index is 0.162. The Labute approximate surface area is 156 Å². The Morgan fingerprint density at radius 2 is 1.69 bits per heavy atom. The molecule has 134 valence electrons. The number of imide groups is 1. The number of halogens is 1. The Hall–Kier alpha value is -2.14. The predicted octanol–water partition coefficient (Wildman–Crippen LogP) is 2.72. The van der Waals surface area contributed by atoms with Crippen molar-refractivity contribution in [1.29, 1.82) is 0 Å². The van der Waals surface area contributed by atoms with Crippen molar-refractivity contribution in [2.45, 2.75) is 19.4 Å². The van der Waals surface area contributed by atoms with Crippen LogP contribution in [0.5, 0.6) is 0 Å². The standard InChI is InChI=1S/C20H19ClN2O3/c1-9(18(24)22-15-5-3-2-4-14(15)21)23-19(25)16-10-6-7-11(13-8-12(10)13)17(16)20(23)26/h2-7,9-13,16-17H,8H2,1H3,(H,22,24)/t9-,10+,11+,12-,13+,16-,17+/m1/s1. The van der Waals surface area contributed by atoms with Gasteiger partial charge in [-0.15, -0.1) is 0 Å². The molecule has 7 atom stereocenters. The van der Waals surface area contributed by atoms with E-state index in [0.717, 1.165) is 6.42 Å². The van der Waals surface area contributed by atoms with Gasteiger partial charge in [-0.05, 0) is 49.1 Å². The van der Waals surface area contributed by atoms with Crippen LogP contribution < -0.4 is 5.32 Å². The molecule has 5 nitrogen and oxygen atoms in total. The Morgan fingerprint density at radius 3 is 2.27 bits per heavy atom. The van der Waals surface area contributed by atoms with Crippen LogP contribution in [-0.2, 0) is 14.4 Å². The monoisotopic (exact) mass is 370 g/mol. The predicted molar refractivity (Wildman–Crippen MR) is 96.1 cm³/mol. The summed E-state index contributed by atoms with van der Waals surface area (Å²) in [6.07, 6.45) is 5.38. The van der Waals surface area contributed by atoms with Crippen molar-refractivity contribution in [1.82, 2.24) is 4.90 Å². The molecule has 1 aromatic rings. The van der Waals surface area contributed by atoms with E-state index in [1.807, 2.05) is 0 Å². The second kappa shape index (κ2) is 5.43. The smallest absolute Gasteiger partial charge is 0.247 e. The maximum Gasteiger partial charge on any atom is 0.247 e. The number of nitrogens with one attached hydrogen (secondary N) is 1. The van der Waals surface area contributed by atoms with Crippen LogP contribution in [0.3, 0.4) is 0 Å². The fraction of sp³-hybridized carbons (Fsp3) is 0.450. The zero-order valence-corrected chi connectivity index (χ0v) is 15.0. The number of rotatable bonds is 3. The summed E-state index contributed by atoms with van der Waals surface area (Å²) < 4.78 is 0. The van der Waals surface area contributed by atoms with Crippen molar-refractivity contribution in [3.63, 3.8) is 0 Å². The van der Waals surface area contributed by atoms with Crippen molar-refractivity contribution >= 4 is 35.0 Å². The first kappa shape index (κ1) is 16.1. The summed E-state index contributed by atoms with van der Waals surface area (Å²) in [5, 5.41) is 3.15. The van der Waals surface area contributed by atoms with Gasteiger partial charge in [-0.1, -0.05) is 35.9 Å². The van der Waals surface area contributed by atoms with Crippen LogP contribution in [0.15, 0.2) is 36.4 Å². The highest BCUT2D eigenvalue weighted by molar-refractivity contribution is 6.33. The van der Waals surface area contributed by atoms with E-state index in [2.05, 4.69) is 17.5 Å². The molecule has 1 heterocycles. The van der Waals surface area contributed by atoms with E-state index in [9.17, 15) is 14.4 Å². The highest BCUT2D eigenvalue weighted by Gasteiger charge is 2.67. The van der Waals surface area contributed by atoms with Crippen molar-refractivity contribution in [3.05, 3.63) is 41.4 Å². The van der Waals surface area contributed by atoms with Gasteiger partial charge in [0.15, 0.2) is 0 Å². The van der Waals surface area contributed by atoms with E-state index < -0.39 is 11.9 Å².